The van der Waals surface area contributed by atoms with Crippen LogP contribution in [0.4, 0.5) is 0 Å². The van der Waals surface area contributed by atoms with Gasteiger partial charge < -0.3 is 4.57 Å². The first-order valence-corrected chi connectivity index (χ1v) is 9.03. The molecular weight excluding hydrogens is 422 g/mol. The molecule has 0 atom stereocenters. The van der Waals surface area contributed by atoms with Crippen molar-refractivity contribution >= 4 is 28.3 Å². The van der Waals surface area contributed by atoms with Crippen LogP contribution >= 0.6 is 28.3 Å². The highest BCUT2D eigenvalue weighted by Crippen LogP contribution is 2.22. The van der Waals surface area contributed by atoms with Crippen molar-refractivity contribution in [1.82, 2.24) is 19.5 Å². The minimum Gasteiger partial charge on any atom is -0.330 e. The molecule has 0 aliphatic carbocycles. The lowest BCUT2D eigenvalue weighted by Gasteiger charge is -2.07. The van der Waals surface area contributed by atoms with Crippen LogP contribution in [0.1, 0.15) is 21.8 Å². The van der Waals surface area contributed by atoms with Crippen LogP contribution in [-0.4, -0.2) is 19.5 Å². The second kappa shape index (κ2) is 8.71. The molecule has 27 heavy (non-hydrogen) atoms. The molecule has 4 rings (SSSR count). The maximum Gasteiger partial charge on any atom is 0.0998 e. The average Bonchev–Trinajstić information content (AvgIpc) is 3.33. The Hall–Kier alpha value is -2.82. The lowest BCUT2D eigenvalue weighted by Crippen LogP contribution is -2.04. The second-order valence-corrected chi connectivity index (χ2v) is 6.78. The predicted molar refractivity (Wildman–Crippen MR) is 111 cm³/mol. The van der Waals surface area contributed by atoms with E-state index in [2.05, 4.69) is 20.6 Å². The van der Waals surface area contributed by atoms with Crippen LogP contribution in [0.3, 0.4) is 0 Å². The number of nitrogens with zero attached hydrogens (tertiary/aromatic N) is 5. The fourth-order valence-corrected chi connectivity index (χ4v) is 3.50. The van der Waals surface area contributed by atoms with Crippen LogP contribution in [0.25, 0.3) is 11.4 Å². The number of pyridine rings is 1. The third-order valence-corrected chi connectivity index (χ3v) is 4.89. The summed E-state index contributed by atoms with van der Waals surface area (Å²) in [4.78, 5) is 13.3. The van der Waals surface area contributed by atoms with Gasteiger partial charge in [0, 0.05) is 36.4 Å². The summed E-state index contributed by atoms with van der Waals surface area (Å²) in [7, 11) is 0. The first-order valence-electron chi connectivity index (χ1n) is 8.15. The molecule has 0 saturated carbocycles. The predicted octanol–water partition coefficient (Wildman–Crippen LogP) is 4.49. The lowest BCUT2D eigenvalue weighted by molar-refractivity contribution is 0.752. The molecule has 0 aliphatic heterocycles. The van der Waals surface area contributed by atoms with Gasteiger partial charge in [0.2, 0.25) is 0 Å². The number of halogens is 1. The van der Waals surface area contributed by atoms with E-state index >= 15 is 0 Å². The third-order valence-electron chi connectivity index (χ3n) is 4.05. The molecule has 0 amide bonds. The highest BCUT2D eigenvalue weighted by atomic mass is 79.9. The molecule has 1 aromatic carbocycles. The van der Waals surface area contributed by atoms with Crippen molar-refractivity contribution in [1.29, 1.82) is 5.26 Å². The van der Waals surface area contributed by atoms with E-state index in [1.807, 2.05) is 60.4 Å². The van der Waals surface area contributed by atoms with Gasteiger partial charge in [-0.3, -0.25) is 4.98 Å². The molecule has 4 aromatic rings. The van der Waals surface area contributed by atoms with Gasteiger partial charge in [0.05, 0.1) is 34.4 Å². The molecule has 0 aliphatic rings. The summed E-state index contributed by atoms with van der Waals surface area (Å²) in [5, 5.41) is 12.0. The molecule has 7 heteroatoms. The zero-order valence-corrected chi connectivity index (χ0v) is 16.8. The lowest BCUT2D eigenvalue weighted by atomic mass is 10.1. The zero-order chi connectivity index (χ0) is 17.8. The molecule has 5 nitrogen and oxygen atoms in total. The number of nitriles is 1. The van der Waals surface area contributed by atoms with Crippen LogP contribution in [0.5, 0.6) is 0 Å². The number of aromatic nitrogens is 4. The van der Waals surface area contributed by atoms with Crippen LogP contribution in [0.2, 0.25) is 0 Å². The van der Waals surface area contributed by atoms with Crippen molar-refractivity contribution in [2.45, 2.75) is 13.0 Å². The Morgan fingerprint density at radius 3 is 2.67 bits per heavy atom. The summed E-state index contributed by atoms with van der Waals surface area (Å²) in [6, 6.07) is 15.6. The van der Waals surface area contributed by atoms with E-state index in [0.29, 0.717) is 5.56 Å². The summed E-state index contributed by atoms with van der Waals surface area (Å²) in [5.41, 5.74) is 4.71. The maximum atomic E-state index is 8.90. The Kier molecular flexibility index (Phi) is 6.12. The van der Waals surface area contributed by atoms with Crippen LogP contribution in [0.15, 0.2) is 66.6 Å². The SMILES string of the molecule is Br.N#Cc1ccc(Cn2cncc2Cc2nc(-c3ccccn3)cs2)cc1. The van der Waals surface area contributed by atoms with E-state index < -0.39 is 0 Å². The van der Waals surface area contributed by atoms with E-state index in [1.54, 1.807) is 17.5 Å². The normalized spacial score (nSPS) is 10.2. The van der Waals surface area contributed by atoms with Gasteiger partial charge in [0.15, 0.2) is 0 Å². The van der Waals surface area contributed by atoms with Crippen molar-refractivity contribution in [3.05, 3.63) is 88.4 Å². The number of benzene rings is 1. The Labute approximate surface area is 171 Å². The Balaban J connectivity index is 0.00000210. The summed E-state index contributed by atoms with van der Waals surface area (Å²) in [6.07, 6.45) is 6.22. The minimum absolute atomic E-state index is 0. The molecule has 0 fully saturated rings. The Morgan fingerprint density at radius 2 is 1.93 bits per heavy atom. The number of imidazole rings is 1. The number of hydrogen-bond donors (Lipinski definition) is 0. The number of rotatable bonds is 5. The molecule has 0 unspecified atom stereocenters. The molecule has 0 saturated heterocycles. The van der Waals surface area contributed by atoms with Gasteiger partial charge in [-0.15, -0.1) is 28.3 Å². The van der Waals surface area contributed by atoms with Crippen molar-refractivity contribution in [3.8, 4) is 17.5 Å². The smallest absolute Gasteiger partial charge is 0.0998 e. The van der Waals surface area contributed by atoms with Crippen LogP contribution in [0, 0.1) is 11.3 Å². The van der Waals surface area contributed by atoms with Crippen molar-refractivity contribution < 1.29 is 0 Å². The topological polar surface area (TPSA) is 67.4 Å². The van der Waals surface area contributed by atoms with Crippen molar-refractivity contribution in [2.75, 3.05) is 0 Å². The van der Waals surface area contributed by atoms with Gasteiger partial charge in [-0.25, -0.2) is 9.97 Å². The van der Waals surface area contributed by atoms with E-state index in [0.717, 1.165) is 40.6 Å². The first-order chi connectivity index (χ1) is 12.8. The summed E-state index contributed by atoms with van der Waals surface area (Å²) >= 11 is 1.63. The summed E-state index contributed by atoms with van der Waals surface area (Å²) in [5.74, 6) is 0. The van der Waals surface area contributed by atoms with Gasteiger partial charge in [0.25, 0.3) is 0 Å². The molecule has 3 aromatic heterocycles. The standard InChI is InChI=1S/C20H15N5S.BrH/c21-10-15-4-6-16(7-5-15)12-25-14-22-11-17(25)9-20-24-19(13-26-20)18-3-1-2-8-23-18;/h1-8,11,13-14H,9,12H2;1H. The van der Waals surface area contributed by atoms with E-state index in [4.69, 9.17) is 10.2 Å². The highest BCUT2D eigenvalue weighted by Gasteiger charge is 2.09. The van der Waals surface area contributed by atoms with E-state index in [9.17, 15) is 0 Å². The van der Waals surface area contributed by atoms with E-state index in [1.165, 1.54) is 0 Å². The van der Waals surface area contributed by atoms with Gasteiger partial charge in [0.1, 0.15) is 0 Å². The number of hydrogen-bond acceptors (Lipinski definition) is 5. The summed E-state index contributed by atoms with van der Waals surface area (Å²) in [6.45, 7) is 0.722. The quantitative estimate of drug-likeness (QED) is 0.461. The van der Waals surface area contributed by atoms with Gasteiger partial charge in [-0.05, 0) is 29.8 Å². The second-order valence-electron chi connectivity index (χ2n) is 5.84. The fraction of sp³-hybridized carbons (Fsp3) is 0.100. The molecule has 0 bridgehead atoms. The van der Waals surface area contributed by atoms with Gasteiger partial charge in [-0.2, -0.15) is 5.26 Å². The molecule has 134 valence electrons. The van der Waals surface area contributed by atoms with Crippen molar-refractivity contribution in [2.24, 2.45) is 0 Å². The highest BCUT2D eigenvalue weighted by molar-refractivity contribution is 8.93. The average molecular weight is 438 g/mol. The Bertz CT molecular complexity index is 1050. The number of thiazole rings is 1. The van der Waals surface area contributed by atoms with Crippen LogP contribution in [-0.2, 0) is 13.0 Å². The van der Waals surface area contributed by atoms with Crippen LogP contribution < -0.4 is 0 Å². The molecule has 0 spiro atoms. The minimum atomic E-state index is 0. The van der Waals surface area contributed by atoms with Crippen molar-refractivity contribution in [3.63, 3.8) is 0 Å². The monoisotopic (exact) mass is 437 g/mol. The summed E-state index contributed by atoms with van der Waals surface area (Å²) < 4.78 is 2.11. The molecule has 3 heterocycles. The zero-order valence-electron chi connectivity index (χ0n) is 14.3. The first kappa shape index (κ1) is 19.0. The molecule has 0 N–H and O–H groups in total. The largest absolute Gasteiger partial charge is 0.330 e. The molecule has 0 radical (unpaired) electrons. The van der Waals surface area contributed by atoms with E-state index in [-0.39, 0.29) is 17.0 Å². The van der Waals surface area contributed by atoms with Gasteiger partial charge >= 0.3 is 0 Å². The fourth-order valence-electron chi connectivity index (χ4n) is 2.70. The maximum absolute atomic E-state index is 8.90. The Morgan fingerprint density at radius 1 is 1.07 bits per heavy atom. The molecular formula is C20H16BrN5S. The van der Waals surface area contributed by atoms with Gasteiger partial charge in [-0.1, -0.05) is 18.2 Å². The third kappa shape index (κ3) is 4.48.